The third-order valence-electron chi connectivity index (χ3n) is 4.24. The number of hydrogen-bond acceptors (Lipinski definition) is 2. The highest BCUT2D eigenvalue weighted by atomic mass is 16.5. The molecule has 0 saturated heterocycles. The molecule has 16 heavy (non-hydrogen) atoms. The molecule has 2 nitrogen and oxygen atoms in total. The minimum atomic E-state index is 0.240. The Morgan fingerprint density at radius 3 is 2.50 bits per heavy atom. The highest BCUT2D eigenvalue weighted by Crippen LogP contribution is 2.37. The minimum Gasteiger partial charge on any atom is -0.374 e. The van der Waals surface area contributed by atoms with Crippen LogP contribution in [0.25, 0.3) is 0 Å². The van der Waals surface area contributed by atoms with Crippen molar-refractivity contribution in [1.29, 1.82) is 0 Å². The topological polar surface area (TPSA) is 26.3 Å². The normalized spacial score (nSPS) is 36.5. The predicted octanol–water partition coefficient (Wildman–Crippen LogP) is 3.20. The van der Waals surface area contributed by atoms with Gasteiger partial charge in [-0.3, -0.25) is 4.79 Å². The third-order valence-corrected chi connectivity index (χ3v) is 4.24. The van der Waals surface area contributed by atoms with E-state index in [2.05, 4.69) is 20.8 Å². The van der Waals surface area contributed by atoms with Crippen molar-refractivity contribution in [3.05, 3.63) is 0 Å². The fourth-order valence-corrected chi connectivity index (χ4v) is 3.06. The van der Waals surface area contributed by atoms with Gasteiger partial charge in [0.2, 0.25) is 0 Å². The van der Waals surface area contributed by atoms with Crippen LogP contribution in [0, 0.1) is 17.8 Å². The van der Waals surface area contributed by atoms with Gasteiger partial charge in [0.1, 0.15) is 5.78 Å². The third kappa shape index (κ3) is 2.65. The van der Waals surface area contributed by atoms with Crippen LogP contribution in [0.3, 0.4) is 0 Å². The summed E-state index contributed by atoms with van der Waals surface area (Å²) < 4.78 is 6.12. The smallest absolute Gasteiger partial charge is 0.138 e. The van der Waals surface area contributed by atoms with Crippen LogP contribution in [0.15, 0.2) is 0 Å². The number of carbonyl (C=O) groups excluding carboxylic acids is 1. The molecule has 0 spiro atoms. The maximum atomic E-state index is 11.0. The number of Topliss-reactive ketones (excluding diaryl/α,β-unsaturated/α-hetero) is 1. The monoisotopic (exact) mass is 224 g/mol. The van der Waals surface area contributed by atoms with Crippen LogP contribution in [0.1, 0.15) is 52.9 Å². The summed E-state index contributed by atoms with van der Waals surface area (Å²) in [7, 11) is 0. The molecule has 0 bridgehead atoms. The average molecular weight is 224 g/mol. The Hall–Kier alpha value is -0.370. The van der Waals surface area contributed by atoms with E-state index < -0.39 is 0 Å². The van der Waals surface area contributed by atoms with Gasteiger partial charge in [-0.15, -0.1) is 0 Å². The summed E-state index contributed by atoms with van der Waals surface area (Å²) in [6.45, 7) is 6.91. The maximum absolute atomic E-state index is 11.0. The van der Waals surface area contributed by atoms with Crippen LogP contribution >= 0.6 is 0 Å². The molecule has 3 atom stereocenters. The molecule has 2 fully saturated rings. The SMILES string of the molecule is CC1CCC(C(C)C)C(OC2CC(=O)C2)C1. The zero-order valence-electron chi connectivity index (χ0n) is 10.7. The molecular weight excluding hydrogens is 200 g/mol. The van der Waals surface area contributed by atoms with Gasteiger partial charge < -0.3 is 4.74 Å². The van der Waals surface area contributed by atoms with E-state index in [0.29, 0.717) is 36.6 Å². The van der Waals surface area contributed by atoms with Crippen LogP contribution in [0.4, 0.5) is 0 Å². The number of hydrogen-bond donors (Lipinski definition) is 0. The molecule has 0 amide bonds. The zero-order chi connectivity index (χ0) is 11.7. The van der Waals surface area contributed by atoms with Crippen LogP contribution in [-0.4, -0.2) is 18.0 Å². The largest absolute Gasteiger partial charge is 0.374 e. The Labute approximate surface area is 98.7 Å². The first kappa shape index (κ1) is 12.1. The highest BCUT2D eigenvalue weighted by molar-refractivity contribution is 5.85. The maximum Gasteiger partial charge on any atom is 0.138 e. The van der Waals surface area contributed by atoms with E-state index in [9.17, 15) is 4.79 Å². The second kappa shape index (κ2) is 4.87. The molecule has 0 N–H and O–H groups in total. The highest BCUT2D eigenvalue weighted by Gasteiger charge is 2.36. The van der Waals surface area contributed by atoms with Gasteiger partial charge in [0.25, 0.3) is 0 Å². The van der Waals surface area contributed by atoms with Crippen molar-refractivity contribution in [3.8, 4) is 0 Å². The van der Waals surface area contributed by atoms with E-state index in [-0.39, 0.29) is 6.10 Å². The molecular formula is C14H24O2. The van der Waals surface area contributed by atoms with Crippen molar-refractivity contribution in [1.82, 2.24) is 0 Å². The number of ether oxygens (including phenoxy) is 1. The Morgan fingerprint density at radius 2 is 1.94 bits per heavy atom. The number of rotatable bonds is 3. The van der Waals surface area contributed by atoms with Gasteiger partial charge in [0.05, 0.1) is 12.2 Å². The lowest BCUT2D eigenvalue weighted by molar-refractivity contribution is -0.146. The summed E-state index contributed by atoms with van der Waals surface area (Å²) in [5.41, 5.74) is 0. The summed E-state index contributed by atoms with van der Waals surface area (Å²) in [6.07, 6.45) is 5.79. The Bertz CT molecular complexity index is 251. The molecule has 2 aliphatic rings. The molecule has 0 aromatic heterocycles. The van der Waals surface area contributed by atoms with Crippen LogP contribution < -0.4 is 0 Å². The first-order valence-electron chi connectivity index (χ1n) is 6.73. The Kier molecular flexibility index (Phi) is 3.68. The molecule has 0 radical (unpaired) electrons. The van der Waals surface area contributed by atoms with Gasteiger partial charge in [-0.1, -0.05) is 27.2 Å². The van der Waals surface area contributed by atoms with Crippen LogP contribution in [-0.2, 0) is 9.53 Å². The fourth-order valence-electron chi connectivity index (χ4n) is 3.06. The fraction of sp³-hybridized carbons (Fsp3) is 0.929. The molecule has 3 unspecified atom stereocenters. The van der Waals surface area contributed by atoms with Gasteiger partial charge in [0, 0.05) is 12.8 Å². The van der Waals surface area contributed by atoms with E-state index in [1.165, 1.54) is 19.3 Å². The summed E-state index contributed by atoms with van der Waals surface area (Å²) in [5.74, 6) is 2.56. The van der Waals surface area contributed by atoms with E-state index in [1.807, 2.05) is 0 Å². The quantitative estimate of drug-likeness (QED) is 0.736. The molecule has 0 aromatic carbocycles. The van der Waals surface area contributed by atoms with E-state index in [0.717, 1.165) is 5.92 Å². The van der Waals surface area contributed by atoms with Crippen LogP contribution in [0.2, 0.25) is 0 Å². The number of ketones is 1. The second-order valence-corrected chi connectivity index (χ2v) is 6.07. The van der Waals surface area contributed by atoms with Crippen molar-refractivity contribution in [2.24, 2.45) is 17.8 Å². The first-order valence-corrected chi connectivity index (χ1v) is 6.73. The van der Waals surface area contributed by atoms with Gasteiger partial charge >= 0.3 is 0 Å². The first-order chi connectivity index (χ1) is 7.56. The van der Waals surface area contributed by atoms with Crippen molar-refractivity contribution < 1.29 is 9.53 Å². The van der Waals surface area contributed by atoms with Gasteiger partial charge in [-0.05, 0) is 30.6 Å². The second-order valence-electron chi connectivity index (χ2n) is 6.07. The van der Waals surface area contributed by atoms with E-state index in [1.54, 1.807) is 0 Å². The van der Waals surface area contributed by atoms with E-state index >= 15 is 0 Å². The Morgan fingerprint density at radius 1 is 1.25 bits per heavy atom. The van der Waals surface area contributed by atoms with Crippen molar-refractivity contribution in [2.75, 3.05) is 0 Å². The lowest BCUT2D eigenvalue weighted by Gasteiger charge is -2.40. The van der Waals surface area contributed by atoms with Gasteiger partial charge in [-0.25, -0.2) is 0 Å². The predicted molar refractivity (Wildman–Crippen MR) is 64.2 cm³/mol. The molecule has 2 aliphatic carbocycles. The van der Waals surface area contributed by atoms with Crippen molar-refractivity contribution >= 4 is 5.78 Å². The lowest BCUT2D eigenvalue weighted by Crippen LogP contribution is -2.41. The van der Waals surface area contributed by atoms with Crippen molar-refractivity contribution in [2.45, 2.75) is 65.1 Å². The molecule has 0 heterocycles. The zero-order valence-corrected chi connectivity index (χ0v) is 10.7. The molecule has 2 saturated carbocycles. The number of carbonyl (C=O) groups is 1. The molecule has 2 heteroatoms. The summed E-state index contributed by atoms with van der Waals surface area (Å²) in [6, 6.07) is 0. The Balaban J connectivity index is 1.89. The standard InChI is InChI=1S/C14H24O2/c1-9(2)13-5-4-10(3)6-14(13)16-12-7-11(15)8-12/h9-10,12-14H,4-8H2,1-3H3. The summed E-state index contributed by atoms with van der Waals surface area (Å²) in [5, 5.41) is 0. The van der Waals surface area contributed by atoms with Gasteiger partial charge in [0.15, 0.2) is 0 Å². The molecule has 92 valence electrons. The molecule has 0 aromatic rings. The summed E-state index contributed by atoms with van der Waals surface area (Å²) >= 11 is 0. The van der Waals surface area contributed by atoms with E-state index in [4.69, 9.17) is 4.74 Å². The van der Waals surface area contributed by atoms with Gasteiger partial charge in [-0.2, -0.15) is 0 Å². The molecule has 0 aliphatic heterocycles. The minimum absolute atomic E-state index is 0.240. The lowest BCUT2D eigenvalue weighted by atomic mass is 9.75. The molecule has 2 rings (SSSR count). The average Bonchev–Trinajstić information content (AvgIpc) is 2.15. The van der Waals surface area contributed by atoms with Crippen molar-refractivity contribution in [3.63, 3.8) is 0 Å². The summed E-state index contributed by atoms with van der Waals surface area (Å²) in [4.78, 5) is 11.0. The van der Waals surface area contributed by atoms with Crippen LogP contribution in [0.5, 0.6) is 0 Å².